The lowest BCUT2D eigenvalue weighted by molar-refractivity contribution is -0.150. The molecule has 0 spiro atoms. The monoisotopic (exact) mass is 732 g/mol. The lowest BCUT2D eigenvalue weighted by Gasteiger charge is -2.25. The number of hydrogen-bond acceptors (Lipinski definition) is 5. The number of imidazole rings is 1. The average Bonchev–Trinajstić information content (AvgIpc) is 3.66. The van der Waals surface area contributed by atoms with Gasteiger partial charge < -0.3 is 19.3 Å². The number of nitrogens with zero attached hydrogens (tertiary/aromatic N) is 3. The van der Waals surface area contributed by atoms with Gasteiger partial charge >= 0.3 is 5.97 Å². The number of aryl methyl sites for hydroxylation is 1. The summed E-state index contributed by atoms with van der Waals surface area (Å²) in [6.45, 7) is 10.7. The van der Waals surface area contributed by atoms with Gasteiger partial charge in [-0.1, -0.05) is 168 Å². The van der Waals surface area contributed by atoms with Crippen molar-refractivity contribution in [3.8, 4) is 0 Å². The number of aromatic nitrogens is 2. The van der Waals surface area contributed by atoms with Crippen LogP contribution in [0.2, 0.25) is 0 Å². The van der Waals surface area contributed by atoms with E-state index in [1.54, 1.807) is 0 Å². The molecule has 0 aliphatic heterocycles. The standard InChI is InChI=1S/C46H89N3O3/c1-4-7-10-13-16-17-18-19-21-26-33-44(50)42-48(39-31-32-40-49-41-37-47-43-49)38-30-25-20-24-29-36-46(51)52-45(34-27-22-14-11-8-5-2)35-28-23-15-12-9-6-3/h37,41,43-45,50H,4-36,38-40,42H2,1-3H3. The van der Waals surface area contributed by atoms with Gasteiger partial charge in [0.1, 0.15) is 6.10 Å². The highest BCUT2D eigenvalue weighted by Crippen LogP contribution is 2.19. The molecule has 0 fully saturated rings. The second kappa shape index (κ2) is 37.9. The molecule has 6 heteroatoms. The molecule has 0 saturated carbocycles. The quantitative estimate of drug-likeness (QED) is 0.0536. The zero-order valence-electron chi connectivity index (χ0n) is 35.2. The van der Waals surface area contributed by atoms with Crippen molar-refractivity contribution in [1.82, 2.24) is 14.5 Å². The number of unbranched alkanes of at least 4 members (excludes halogenated alkanes) is 24. The molecule has 1 atom stereocenters. The van der Waals surface area contributed by atoms with E-state index in [1.807, 2.05) is 18.7 Å². The van der Waals surface area contributed by atoms with Crippen molar-refractivity contribution in [3.05, 3.63) is 18.7 Å². The number of aliphatic hydroxyl groups excluding tert-OH is 1. The van der Waals surface area contributed by atoms with Crippen LogP contribution in [0.4, 0.5) is 0 Å². The van der Waals surface area contributed by atoms with Gasteiger partial charge in [-0.25, -0.2) is 4.98 Å². The van der Waals surface area contributed by atoms with Crippen molar-refractivity contribution in [2.45, 2.75) is 251 Å². The van der Waals surface area contributed by atoms with Crippen molar-refractivity contribution in [3.63, 3.8) is 0 Å². The molecule has 1 heterocycles. The van der Waals surface area contributed by atoms with Crippen LogP contribution in [-0.2, 0) is 16.1 Å². The van der Waals surface area contributed by atoms with Crippen LogP contribution in [0.3, 0.4) is 0 Å². The number of hydrogen-bond donors (Lipinski definition) is 1. The first kappa shape index (κ1) is 48.6. The molecule has 0 aliphatic carbocycles. The smallest absolute Gasteiger partial charge is 0.306 e. The molecule has 1 aromatic rings. The Bertz CT molecular complexity index is 832. The van der Waals surface area contributed by atoms with Crippen LogP contribution in [0.1, 0.15) is 233 Å². The summed E-state index contributed by atoms with van der Waals surface area (Å²) >= 11 is 0. The van der Waals surface area contributed by atoms with E-state index in [0.29, 0.717) is 6.42 Å². The third-order valence-corrected chi connectivity index (χ3v) is 11.0. The Hall–Kier alpha value is -1.40. The Morgan fingerprint density at radius 1 is 0.596 bits per heavy atom. The van der Waals surface area contributed by atoms with E-state index in [2.05, 4.69) is 35.2 Å². The molecule has 6 nitrogen and oxygen atoms in total. The minimum atomic E-state index is -0.223. The van der Waals surface area contributed by atoms with Crippen molar-refractivity contribution in [1.29, 1.82) is 0 Å². The number of ether oxygens (including phenoxy) is 1. The average molecular weight is 732 g/mol. The molecule has 0 saturated heterocycles. The van der Waals surface area contributed by atoms with Gasteiger partial charge in [0.2, 0.25) is 0 Å². The van der Waals surface area contributed by atoms with Gasteiger partial charge in [-0.2, -0.15) is 0 Å². The van der Waals surface area contributed by atoms with Crippen LogP contribution in [-0.4, -0.2) is 57.4 Å². The van der Waals surface area contributed by atoms with E-state index in [0.717, 1.165) is 84.0 Å². The first-order chi connectivity index (χ1) is 25.6. The molecule has 52 heavy (non-hydrogen) atoms. The maximum Gasteiger partial charge on any atom is 0.306 e. The molecule has 0 aliphatic rings. The predicted octanol–water partition coefficient (Wildman–Crippen LogP) is 13.4. The fourth-order valence-corrected chi connectivity index (χ4v) is 7.55. The fraction of sp³-hybridized carbons (Fsp3) is 0.913. The molecule has 306 valence electrons. The Morgan fingerprint density at radius 3 is 1.54 bits per heavy atom. The third-order valence-electron chi connectivity index (χ3n) is 11.0. The molecular formula is C46H89N3O3. The summed E-state index contributed by atoms with van der Waals surface area (Å²) in [5.74, 6) is 0.0280. The maximum absolute atomic E-state index is 12.8. The number of carbonyl (C=O) groups is 1. The first-order valence-electron chi connectivity index (χ1n) is 23.1. The Balaban J connectivity index is 2.31. The van der Waals surface area contributed by atoms with Gasteiger partial charge in [-0.05, 0) is 70.9 Å². The summed E-state index contributed by atoms with van der Waals surface area (Å²) in [5, 5.41) is 10.9. The Morgan fingerprint density at radius 2 is 1.04 bits per heavy atom. The predicted molar refractivity (Wildman–Crippen MR) is 224 cm³/mol. The van der Waals surface area contributed by atoms with Gasteiger partial charge in [-0.3, -0.25) is 4.79 Å². The molecule has 1 N–H and O–H groups in total. The maximum atomic E-state index is 12.8. The Kier molecular flexibility index (Phi) is 35.4. The molecule has 1 aromatic heterocycles. The van der Waals surface area contributed by atoms with Crippen LogP contribution >= 0.6 is 0 Å². The fourth-order valence-electron chi connectivity index (χ4n) is 7.55. The van der Waals surface area contributed by atoms with Crippen molar-refractivity contribution >= 4 is 5.97 Å². The summed E-state index contributed by atoms with van der Waals surface area (Å²) < 4.78 is 8.22. The summed E-state index contributed by atoms with van der Waals surface area (Å²) in [4.78, 5) is 19.5. The topological polar surface area (TPSA) is 67.6 Å². The van der Waals surface area contributed by atoms with E-state index >= 15 is 0 Å². The van der Waals surface area contributed by atoms with Gasteiger partial charge in [0.15, 0.2) is 0 Å². The van der Waals surface area contributed by atoms with Crippen molar-refractivity contribution in [2.24, 2.45) is 0 Å². The summed E-state index contributed by atoms with van der Waals surface area (Å²) in [7, 11) is 0. The van der Waals surface area contributed by atoms with Crippen molar-refractivity contribution in [2.75, 3.05) is 19.6 Å². The highest BCUT2D eigenvalue weighted by Gasteiger charge is 2.15. The van der Waals surface area contributed by atoms with E-state index in [9.17, 15) is 9.90 Å². The minimum absolute atomic E-state index is 0.0280. The van der Waals surface area contributed by atoms with Crippen LogP contribution in [0.5, 0.6) is 0 Å². The minimum Gasteiger partial charge on any atom is -0.462 e. The molecule has 0 aromatic carbocycles. The molecule has 1 rings (SSSR count). The van der Waals surface area contributed by atoms with Gasteiger partial charge in [-0.15, -0.1) is 0 Å². The molecule has 1 unspecified atom stereocenters. The second-order valence-corrected chi connectivity index (χ2v) is 16.2. The van der Waals surface area contributed by atoms with Crippen LogP contribution in [0, 0.1) is 0 Å². The van der Waals surface area contributed by atoms with Gasteiger partial charge in [0.05, 0.1) is 12.4 Å². The normalized spacial score (nSPS) is 12.3. The van der Waals surface area contributed by atoms with Crippen LogP contribution < -0.4 is 0 Å². The van der Waals surface area contributed by atoms with E-state index < -0.39 is 0 Å². The first-order valence-corrected chi connectivity index (χ1v) is 23.1. The molecule has 0 bridgehead atoms. The van der Waals surface area contributed by atoms with Crippen molar-refractivity contribution < 1.29 is 14.6 Å². The summed E-state index contributed by atoms with van der Waals surface area (Å²) in [5.41, 5.74) is 0. The highest BCUT2D eigenvalue weighted by molar-refractivity contribution is 5.69. The number of rotatable bonds is 41. The lowest BCUT2D eigenvalue weighted by Crippen LogP contribution is -2.34. The van der Waals surface area contributed by atoms with Crippen LogP contribution in [0.15, 0.2) is 18.7 Å². The van der Waals surface area contributed by atoms with E-state index in [-0.39, 0.29) is 18.2 Å². The van der Waals surface area contributed by atoms with Crippen LogP contribution in [0.25, 0.3) is 0 Å². The largest absolute Gasteiger partial charge is 0.462 e. The second-order valence-electron chi connectivity index (χ2n) is 16.2. The van der Waals surface area contributed by atoms with Gasteiger partial charge in [0.25, 0.3) is 0 Å². The summed E-state index contributed by atoms with van der Waals surface area (Å²) in [6.07, 6.45) is 45.9. The zero-order valence-corrected chi connectivity index (χ0v) is 35.2. The zero-order chi connectivity index (χ0) is 37.6. The number of carbonyl (C=O) groups excluding carboxylic acids is 1. The Labute approximate surface area is 324 Å². The van der Waals surface area contributed by atoms with Gasteiger partial charge in [0, 0.05) is 31.9 Å². The SMILES string of the molecule is CCCCCCCCCCCCC(O)CN(CCCCCCCC(=O)OC(CCCCCCCC)CCCCCCCC)CCCCn1ccnc1. The van der Waals surface area contributed by atoms with E-state index in [1.165, 1.54) is 148 Å². The third kappa shape index (κ3) is 32.1. The molecule has 0 amide bonds. The molecule has 0 radical (unpaired) electrons. The number of esters is 1. The highest BCUT2D eigenvalue weighted by atomic mass is 16.5. The number of aliphatic hydroxyl groups is 1. The summed E-state index contributed by atoms with van der Waals surface area (Å²) in [6, 6.07) is 0. The van der Waals surface area contributed by atoms with E-state index in [4.69, 9.17) is 4.74 Å². The lowest BCUT2D eigenvalue weighted by atomic mass is 10.0. The molecular weight excluding hydrogens is 643 g/mol.